The molecule has 1 aromatic heterocycles. The van der Waals surface area contributed by atoms with Crippen molar-refractivity contribution in [1.82, 2.24) is 4.98 Å². The summed E-state index contributed by atoms with van der Waals surface area (Å²) in [6.07, 6.45) is 4.77. The summed E-state index contributed by atoms with van der Waals surface area (Å²) in [6.45, 7) is 7.68. The molecule has 0 aliphatic rings. The van der Waals surface area contributed by atoms with E-state index in [1.54, 1.807) is 0 Å². The van der Waals surface area contributed by atoms with Gasteiger partial charge >= 0.3 is 0 Å². The molecule has 0 bridgehead atoms. The summed E-state index contributed by atoms with van der Waals surface area (Å²) in [5, 5.41) is 0. The molecule has 18 heavy (non-hydrogen) atoms. The van der Waals surface area contributed by atoms with Crippen LogP contribution in [0.15, 0.2) is 12.3 Å². The second-order valence-corrected chi connectivity index (χ2v) is 4.83. The molecule has 1 rings (SSSR count). The van der Waals surface area contributed by atoms with E-state index < -0.39 is 0 Å². The van der Waals surface area contributed by atoms with E-state index in [-0.39, 0.29) is 5.82 Å². The van der Waals surface area contributed by atoms with Crippen LogP contribution in [0, 0.1) is 5.82 Å². The molecular formula is C14H24FN3. The zero-order valence-corrected chi connectivity index (χ0v) is 11.6. The topological polar surface area (TPSA) is 42.2 Å². The minimum atomic E-state index is -0.323. The summed E-state index contributed by atoms with van der Waals surface area (Å²) in [5.74, 6) is 0.501. The van der Waals surface area contributed by atoms with Crippen molar-refractivity contribution in [2.45, 2.75) is 52.6 Å². The van der Waals surface area contributed by atoms with Gasteiger partial charge in [-0.25, -0.2) is 9.37 Å². The van der Waals surface area contributed by atoms with Gasteiger partial charge in [-0.3, -0.25) is 0 Å². The highest BCUT2D eigenvalue weighted by Crippen LogP contribution is 2.21. The lowest BCUT2D eigenvalue weighted by Crippen LogP contribution is -2.33. The van der Waals surface area contributed by atoms with Gasteiger partial charge in [0.05, 0.1) is 6.20 Å². The first kappa shape index (κ1) is 14.9. The number of pyridine rings is 1. The maximum atomic E-state index is 13.2. The lowest BCUT2D eigenvalue weighted by molar-refractivity contribution is 0.600. The largest absolute Gasteiger partial charge is 0.354 e. The van der Waals surface area contributed by atoms with Gasteiger partial charge in [0.2, 0.25) is 0 Å². The molecule has 0 aliphatic carbocycles. The Balaban J connectivity index is 2.90. The maximum Gasteiger partial charge on any atom is 0.141 e. The Morgan fingerprint density at radius 3 is 2.67 bits per heavy atom. The van der Waals surface area contributed by atoms with Crippen molar-refractivity contribution in [1.29, 1.82) is 0 Å². The highest BCUT2D eigenvalue weighted by molar-refractivity contribution is 5.47. The lowest BCUT2D eigenvalue weighted by atomic mass is 10.1. The molecule has 0 saturated heterocycles. The molecule has 0 atom stereocenters. The molecular weight excluding hydrogens is 229 g/mol. The predicted octanol–water partition coefficient (Wildman–Crippen LogP) is 3.08. The number of hydrogen-bond acceptors (Lipinski definition) is 3. The third-order valence-electron chi connectivity index (χ3n) is 3.03. The van der Waals surface area contributed by atoms with E-state index >= 15 is 0 Å². The van der Waals surface area contributed by atoms with Crippen LogP contribution in [0.25, 0.3) is 0 Å². The van der Waals surface area contributed by atoms with Crippen LogP contribution in [-0.2, 0) is 6.54 Å². The minimum Gasteiger partial charge on any atom is -0.354 e. The molecule has 3 nitrogen and oxygen atoms in total. The van der Waals surface area contributed by atoms with Gasteiger partial charge in [0.1, 0.15) is 11.6 Å². The van der Waals surface area contributed by atoms with Crippen molar-refractivity contribution in [3.8, 4) is 0 Å². The lowest BCUT2D eigenvalue weighted by Gasteiger charge is -2.29. The zero-order valence-electron chi connectivity index (χ0n) is 11.6. The minimum absolute atomic E-state index is 0.317. The second-order valence-electron chi connectivity index (χ2n) is 4.83. The molecule has 0 saturated carbocycles. The van der Waals surface area contributed by atoms with Crippen molar-refractivity contribution in [3.05, 3.63) is 23.6 Å². The van der Waals surface area contributed by atoms with Crippen molar-refractivity contribution >= 4 is 5.82 Å². The number of halogens is 1. The molecule has 0 amide bonds. The molecule has 102 valence electrons. The fourth-order valence-corrected chi connectivity index (χ4v) is 2.02. The van der Waals surface area contributed by atoms with Crippen LogP contribution in [0.4, 0.5) is 10.2 Å². The van der Waals surface area contributed by atoms with E-state index in [4.69, 9.17) is 5.73 Å². The standard InChI is InChI=1S/C14H24FN3/c1-4-5-6-7-18(11(2)3)14-12(9-16)8-13(15)10-17-14/h8,10-11H,4-7,9,16H2,1-3H3. The predicted molar refractivity (Wildman–Crippen MR) is 74.1 cm³/mol. The van der Waals surface area contributed by atoms with Crippen LogP contribution in [0.2, 0.25) is 0 Å². The van der Waals surface area contributed by atoms with E-state index in [0.29, 0.717) is 12.6 Å². The van der Waals surface area contributed by atoms with E-state index in [1.165, 1.54) is 25.1 Å². The Bertz CT molecular complexity index is 366. The maximum absolute atomic E-state index is 13.2. The number of hydrogen-bond donors (Lipinski definition) is 1. The normalized spacial score (nSPS) is 11.0. The summed E-state index contributed by atoms with van der Waals surface area (Å²) in [6, 6.07) is 1.82. The van der Waals surface area contributed by atoms with Gasteiger partial charge < -0.3 is 10.6 Å². The van der Waals surface area contributed by atoms with E-state index in [1.807, 2.05) is 0 Å². The van der Waals surface area contributed by atoms with Crippen molar-refractivity contribution in [2.75, 3.05) is 11.4 Å². The quantitative estimate of drug-likeness (QED) is 0.759. The van der Waals surface area contributed by atoms with E-state index in [0.717, 1.165) is 24.3 Å². The Morgan fingerprint density at radius 1 is 1.39 bits per heavy atom. The van der Waals surface area contributed by atoms with Gasteiger partial charge in [0, 0.05) is 24.7 Å². The van der Waals surface area contributed by atoms with Gasteiger partial charge in [0.25, 0.3) is 0 Å². The van der Waals surface area contributed by atoms with Crippen LogP contribution in [-0.4, -0.2) is 17.6 Å². The molecule has 0 aliphatic heterocycles. The number of anilines is 1. The monoisotopic (exact) mass is 253 g/mol. The molecule has 4 heteroatoms. The van der Waals surface area contributed by atoms with Crippen LogP contribution in [0.5, 0.6) is 0 Å². The van der Waals surface area contributed by atoms with Crippen LogP contribution in [0.1, 0.15) is 45.6 Å². The van der Waals surface area contributed by atoms with E-state index in [9.17, 15) is 4.39 Å². The number of rotatable bonds is 7. The molecule has 0 fully saturated rings. The molecule has 0 radical (unpaired) electrons. The number of nitrogens with zero attached hydrogens (tertiary/aromatic N) is 2. The molecule has 1 heterocycles. The molecule has 0 unspecified atom stereocenters. The molecule has 1 aromatic rings. The first-order valence-corrected chi connectivity index (χ1v) is 6.71. The summed E-state index contributed by atoms with van der Waals surface area (Å²) in [7, 11) is 0. The summed E-state index contributed by atoms with van der Waals surface area (Å²) in [5.41, 5.74) is 6.46. The van der Waals surface area contributed by atoms with Gasteiger partial charge in [0.15, 0.2) is 0 Å². The van der Waals surface area contributed by atoms with Crippen molar-refractivity contribution < 1.29 is 4.39 Å². The Kier molecular flexibility index (Phi) is 6.05. The van der Waals surface area contributed by atoms with Gasteiger partial charge in [-0.15, -0.1) is 0 Å². The number of nitrogens with two attached hydrogens (primary N) is 1. The van der Waals surface area contributed by atoms with Gasteiger partial charge in [-0.05, 0) is 26.3 Å². The van der Waals surface area contributed by atoms with Crippen LogP contribution in [0.3, 0.4) is 0 Å². The van der Waals surface area contributed by atoms with Crippen LogP contribution < -0.4 is 10.6 Å². The molecule has 2 N–H and O–H groups in total. The highest BCUT2D eigenvalue weighted by atomic mass is 19.1. The van der Waals surface area contributed by atoms with Crippen molar-refractivity contribution in [3.63, 3.8) is 0 Å². The number of aromatic nitrogens is 1. The van der Waals surface area contributed by atoms with Crippen molar-refractivity contribution in [2.24, 2.45) is 5.73 Å². The Hall–Kier alpha value is -1.16. The zero-order chi connectivity index (χ0) is 13.5. The van der Waals surface area contributed by atoms with E-state index in [2.05, 4.69) is 30.7 Å². The number of unbranched alkanes of at least 4 members (excludes halogenated alkanes) is 2. The fourth-order valence-electron chi connectivity index (χ4n) is 2.02. The average Bonchev–Trinajstić information content (AvgIpc) is 2.35. The first-order valence-electron chi connectivity index (χ1n) is 6.71. The van der Waals surface area contributed by atoms with Gasteiger partial charge in [-0.2, -0.15) is 0 Å². The molecule has 0 spiro atoms. The molecule has 0 aromatic carbocycles. The average molecular weight is 253 g/mol. The summed E-state index contributed by atoms with van der Waals surface area (Å²) in [4.78, 5) is 6.43. The van der Waals surface area contributed by atoms with Crippen LogP contribution >= 0.6 is 0 Å². The SMILES string of the molecule is CCCCCN(c1ncc(F)cc1CN)C(C)C. The summed E-state index contributed by atoms with van der Waals surface area (Å²) < 4.78 is 13.2. The third-order valence-corrected chi connectivity index (χ3v) is 3.03. The first-order chi connectivity index (χ1) is 8.60. The Labute approximate surface area is 109 Å². The second kappa shape index (κ2) is 7.31. The smallest absolute Gasteiger partial charge is 0.141 e. The third kappa shape index (κ3) is 3.95. The summed E-state index contributed by atoms with van der Waals surface area (Å²) >= 11 is 0. The Morgan fingerprint density at radius 2 is 2.11 bits per heavy atom. The van der Waals surface area contributed by atoms with Gasteiger partial charge in [-0.1, -0.05) is 19.8 Å². The highest BCUT2D eigenvalue weighted by Gasteiger charge is 2.15. The fraction of sp³-hybridized carbons (Fsp3) is 0.643.